The maximum absolute atomic E-state index is 3.54. The maximum Gasteiger partial charge on any atom is 0.0110 e. The van der Waals surface area contributed by atoms with Crippen LogP contribution in [-0.2, 0) is 0 Å². The summed E-state index contributed by atoms with van der Waals surface area (Å²) in [6.45, 7) is 12.2. The predicted octanol–water partition coefficient (Wildman–Crippen LogP) is 2.04. The van der Waals surface area contributed by atoms with Crippen molar-refractivity contribution in [3.63, 3.8) is 0 Å². The number of halogens is 1. The molecule has 1 saturated heterocycles. The van der Waals surface area contributed by atoms with Gasteiger partial charge in [-0.05, 0) is 18.9 Å². The summed E-state index contributed by atoms with van der Waals surface area (Å²) >= 11 is 3.54. The fraction of sp³-hybridized carbons (Fsp3) is 1.00. The van der Waals surface area contributed by atoms with Crippen molar-refractivity contribution in [3.8, 4) is 0 Å². The van der Waals surface area contributed by atoms with Crippen LogP contribution in [0.25, 0.3) is 0 Å². The first-order chi connectivity index (χ1) is 6.76. The molecule has 0 radical (unpaired) electrons. The van der Waals surface area contributed by atoms with Gasteiger partial charge in [0, 0.05) is 38.1 Å². The van der Waals surface area contributed by atoms with Gasteiger partial charge in [0.25, 0.3) is 0 Å². The highest BCUT2D eigenvalue weighted by molar-refractivity contribution is 9.09. The topological polar surface area (TPSA) is 6.48 Å². The van der Waals surface area contributed by atoms with Crippen LogP contribution in [0, 0.1) is 5.92 Å². The standard InChI is InChI=1S/C11H23BrN2/c1-3-4-13-5-7-14(8-6-13)10-11(2)9-12/h11H,3-10H2,1-2H3. The first-order valence-corrected chi connectivity index (χ1v) is 6.89. The Morgan fingerprint density at radius 2 is 1.71 bits per heavy atom. The molecule has 2 nitrogen and oxygen atoms in total. The van der Waals surface area contributed by atoms with Crippen LogP contribution in [0.1, 0.15) is 20.3 Å². The molecule has 0 aliphatic carbocycles. The molecule has 1 aliphatic heterocycles. The third-order valence-corrected chi connectivity index (χ3v) is 3.94. The molecule has 0 bridgehead atoms. The van der Waals surface area contributed by atoms with Crippen molar-refractivity contribution in [2.75, 3.05) is 44.6 Å². The van der Waals surface area contributed by atoms with Gasteiger partial charge >= 0.3 is 0 Å². The smallest absolute Gasteiger partial charge is 0.0110 e. The number of piperazine rings is 1. The lowest BCUT2D eigenvalue weighted by atomic mass is 10.2. The molecule has 0 spiro atoms. The minimum absolute atomic E-state index is 0.785. The Balaban J connectivity index is 2.15. The molecule has 0 aromatic heterocycles. The van der Waals surface area contributed by atoms with Crippen molar-refractivity contribution in [2.24, 2.45) is 5.92 Å². The third-order valence-electron chi connectivity index (χ3n) is 2.84. The molecular weight excluding hydrogens is 240 g/mol. The Kier molecular flexibility index (Phi) is 6.06. The van der Waals surface area contributed by atoms with Gasteiger partial charge in [-0.2, -0.15) is 0 Å². The average Bonchev–Trinajstić information content (AvgIpc) is 2.21. The summed E-state index contributed by atoms with van der Waals surface area (Å²) in [4.78, 5) is 5.17. The number of hydrogen-bond acceptors (Lipinski definition) is 2. The molecule has 1 aliphatic rings. The fourth-order valence-electron chi connectivity index (χ4n) is 2.00. The molecule has 1 unspecified atom stereocenters. The summed E-state index contributed by atoms with van der Waals surface area (Å²) in [7, 11) is 0. The first-order valence-electron chi connectivity index (χ1n) is 5.77. The Morgan fingerprint density at radius 1 is 1.14 bits per heavy atom. The summed E-state index contributed by atoms with van der Waals surface area (Å²) in [5, 5.41) is 1.13. The van der Waals surface area contributed by atoms with Crippen LogP contribution in [0.15, 0.2) is 0 Å². The van der Waals surface area contributed by atoms with E-state index in [0.29, 0.717) is 0 Å². The molecule has 1 atom stereocenters. The van der Waals surface area contributed by atoms with Crippen LogP contribution in [-0.4, -0.2) is 54.4 Å². The van der Waals surface area contributed by atoms with Crippen molar-refractivity contribution >= 4 is 15.9 Å². The second-order valence-electron chi connectivity index (χ2n) is 4.40. The minimum Gasteiger partial charge on any atom is -0.301 e. The molecule has 1 heterocycles. The van der Waals surface area contributed by atoms with Gasteiger partial charge < -0.3 is 9.80 Å². The fourth-order valence-corrected chi connectivity index (χ4v) is 2.21. The van der Waals surface area contributed by atoms with Gasteiger partial charge in [-0.15, -0.1) is 0 Å². The summed E-state index contributed by atoms with van der Waals surface area (Å²) in [5.41, 5.74) is 0. The highest BCUT2D eigenvalue weighted by Gasteiger charge is 2.16. The van der Waals surface area contributed by atoms with E-state index in [0.717, 1.165) is 11.2 Å². The van der Waals surface area contributed by atoms with E-state index in [4.69, 9.17) is 0 Å². The number of rotatable bonds is 5. The Morgan fingerprint density at radius 3 is 2.21 bits per heavy atom. The molecule has 0 aromatic carbocycles. The zero-order valence-corrected chi connectivity index (χ0v) is 11.1. The van der Waals surface area contributed by atoms with Gasteiger partial charge in [-0.3, -0.25) is 0 Å². The van der Waals surface area contributed by atoms with E-state index >= 15 is 0 Å². The molecule has 0 saturated carbocycles. The molecular formula is C11H23BrN2. The van der Waals surface area contributed by atoms with E-state index < -0.39 is 0 Å². The van der Waals surface area contributed by atoms with E-state index in [1.807, 2.05) is 0 Å². The molecule has 14 heavy (non-hydrogen) atoms. The molecule has 0 N–H and O–H groups in total. The molecule has 0 amide bonds. The van der Waals surface area contributed by atoms with E-state index in [1.165, 1.54) is 45.7 Å². The van der Waals surface area contributed by atoms with Crippen molar-refractivity contribution in [1.29, 1.82) is 0 Å². The highest BCUT2D eigenvalue weighted by atomic mass is 79.9. The summed E-state index contributed by atoms with van der Waals surface area (Å²) in [6, 6.07) is 0. The van der Waals surface area contributed by atoms with Crippen molar-refractivity contribution in [2.45, 2.75) is 20.3 Å². The highest BCUT2D eigenvalue weighted by Crippen LogP contribution is 2.07. The van der Waals surface area contributed by atoms with E-state index in [1.54, 1.807) is 0 Å². The van der Waals surface area contributed by atoms with E-state index in [2.05, 4.69) is 39.6 Å². The third kappa shape index (κ3) is 4.28. The lowest BCUT2D eigenvalue weighted by molar-refractivity contribution is 0.123. The van der Waals surface area contributed by atoms with E-state index in [9.17, 15) is 0 Å². The van der Waals surface area contributed by atoms with Crippen molar-refractivity contribution in [1.82, 2.24) is 9.80 Å². The summed E-state index contributed by atoms with van der Waals surface area (Å²) in [5.74, 6) is 0.785. The summed E-state index contributed by atoms with van der Waals surface area (Å²) < 4.78 is 0. The lowest BCUT2D eigenvalue weighted by Gasteiger charge is -2.35. The average molecular weight is 263 g/mol. The van der Waals surface area contributed by atoms with Crippen LogP contribution < -0.4 is 0 Å². The SMILES string of the molecule is CCCN1CCN(CC(C)CBr)CC1. The Bertz CT molecular complexity index is 144. The first kappa shape index (κ1) is 12.5. The molecule has 1 fully saturated rings. The zero-order chi connectivity index (χ0) is 10.4. The van der Waals surface area contributed by atoms with Crippen molar-refractivity contribution in [3.05, 3.63) is 0 Å². The van der Waals surface area contributed by atoms with Gasteiger partial charge in [0.1, 0.15) is 0 Å². The number of alkyl halides is 1. The monoisotopic (exact) mass is 262 g/mol. The van der Waals surface area contributed by atoms with Crippen LogP contribution in [0.4, 0.5) is 0 Å². The van der Waals surface area contributed by atoms with E-state index in [-0.39, 0.29) is 0 Å². The predicted molar refractivity (Wildman–Crippen MR) is 66.1 cm³/mol. The van der Waals surface area contributed by atoms with Crippen LogP contribution in [0.3, 0.4) is 0 Å². The zero-order valence-electron chi connectivity index (χ0n) is 9.51. The van der Waals surface area contributed by atoms with Crippen LogP contribution in [0.2, 0.25) is 0 Å². The normalized spacial score (nSPS) is 22.5. The van der Waals surface area contributed by atoms with Crippen LogP contribution in [0.5, 0.6) is 0 Å². The minimum atomic E-state index is 0.785. The van der Waals surface area contributed by atoms with Crippen molar-refractivity contribution < 1.29 is 0 Å². The second-order valence-corrected chi connectivity index (χ2v) is 5.05. The summed E-state index contributed by atoms with van der Waals surface area (Å²) in [6.07, 6.45) is 1.29. The van der Waals surface area contributed by atoms with Gasteiger partial charge in [-0.25, -0.2) is 0 Å². The van der Waals surface area contributed by atoms with Gasteiger partial charge in [0.2, 0.25) is 0 Å². The molecule has 1 rings (SSSR count). The van der Waals surface area contributed by atoms with Gasteiger partial charge in [-0.1, -0.05) is 29.8 Å². The second kappa shape index (κ2) is 6.81. The Labute approximate surface area is 96.8 Å². The Hall–Kier alpha value is 0.400. The molecule has 0 aromatic rings. The molecule has 84 valence electrons. The lowest BCUT2D eigenvalue weighted by Crippen LogP contribution is -2.47. The maximum atomic E-state index is 3.54. The number of nitrogens with zero attached hydrogens (tertiary/aromatic N) is 2. The largest absolute Gasteiger partial charge is 0.301 e. The number of hydrogen-bond donors (Lipinski definition) is 0. The molecule has 3 heteroatoms. The quantitative estimate of drug-likeness (QED) is 0.700. The van der Waals surface area contributed by atoms with Gasteiger partial charge in [0.15, 0.2) is 0 Å². The van der Waals surface area contributed by atoms with Crippen LogP contribution >= 0.6 is 15.9 Å². The van der Waals surface area contributed by atoms with Gasteiger partial charge in [0.05, 0.1) is 0 Å².